The molecule has 0 saturated carbocycles. The molecular weight excluding hydrogens is 427 g/mol. The van der Waals surface area contributed by atoms with Gasteiger partial charge in [0.25, 0.3) is 11.6 Å². The van der Waals surface area contributed by atoms with Crippen LogP contribution in [0, 0.1) is 20.6 Å². The van der Waals surface area contributed by atoms with E-state index in [4.69, 9.17) is 4.74 Å². The molecule has 0 unspecified atom stereocenters. The zero-order valence-corrected chi connectivity index (χ0v) is 14.8. The predicted octanol–water partition coefficient (Wildman–Crippen LogP) is 3.30. The van der Waals surface area contributed by atoms with Crippen molar-refractivity contribution in [1.29, 1.82) is 0 Å². The topological polar surface area (TPSA) is 98.5 Å². The molecule has 0 aliphatic rings. The van der Waals surface area contributed by atoms with Gasteiger partial charge in [-0.1, -0.05) is 12.1 Å². The quantitative estimate of drug-likeness (QED) is 0.333. The van der Waals surface area contributed by atoms with Gasteiger partial charge in [-0.25, -0.2) is 4.79 Å². The van der Waals surface area contributed by atoms with E-state index >= 15 is 0 Å². The number of rotatable bonds is 5. The highest BCUT2D eigenvalue weighted by Gasteiger charge is 2.17. The van der Waals surface area contributed by atoms with Crippen molar-refractivity contribution in [2.75, 3.05) is 11.9 Å². The molecule has 0 radical (unpaired) electrons. The minimum Gasteiger partial charge on any atom is -0.452 e. The zero-order chi connectivity index (χ0) is 17.7. The third kappa shape index (κ3) is 4.75. The predicted molar refractivity (Wildman–Crippen MR) is 95.9 cm³/mol. The van der Waals surface area contributed by atoms with E-state index in [-0.39, 0.29) is 11.4 Å². The number of hydrogen-bond donors (Lipinski definition) is 1. The molecule has 0 bridgehead atoms. The summed E-state index contributed by atoms with van der Waals surface area (Å²) in [4.78, 5) is 34.1. The maximum absolute atomic E-state index is 11.9. The third-order valence-electron chi connectivity index (χ3n) is 3.02. The summed E-state index contributed by atoms with van der Waals surface area (Å²) in [7, 11) is 0. The average Bonchev–Trinajstić information content (AvgIpc) is 2.54. The summed E-state index contributed by atoms with van der Waals surface area (Å²) < 4.78 is 5.78. The molecular formula is C16H13IN2O5. The molecule has 24 heavy (non-hydrogen) atoms. The van der Waals surface area contributed by atoms with E-state index in [1.165, 1.54) is 12.1 Å². The fraction of sp³-hybridized carbons (Fsp3) is 0.125. The Hall–Kier alpha value is -2.49. The van der Waals surface area contributed by atoms with Crippen LogP contribution in [-0.2, 0) is 9.53 Å². The summed E-state index contributed by atoms with van der Waals surface area (Å²) in [5.41, 5.74) is 0.869. The third-order valence-corrected chi connectivity index (χ3v) is 3.69. The second-order valence-electron chi connectivity index (χ2n) is 4.91. The molecule has 0 aromatic heterocycles. The second kappa shape index (κ2) is 7.86. The monoisotopic (exact) mass is 440 g/mol. The van der Waals surface area contributed by atoms with Crippen LogP contribution in [0.2, 0.25) is 0 Å². The van der Waals surface area contributed by atoms with Gasteiger partial charge in [-0.3, -0.25) is 14.9 Å². The number of nitrogens with one attached hydrogen (secondary N) is 1. The molecule has 2 aromatic carbocycles. The molecule has 7 nitrogen and oxygen atoms in total. The second-order valence-corrected chi connectivity index (χ2v) is 6.16. The van der Waals surface area contributed by atoms with Crippen molar-refractivity contribution < 1.29 is 19.2 Å². The lowest BCUT2D eigenvalue weighted by Gasteiger charge is -2.08. The summed E-state index contributed by atoms with van der Waals surface area (Å²) in [6.07, 6.45) is 0. The van der Waals surface area contributed by atoms with Crippen LogP contribution in [0.3, 0.4) is 0 Å². The molecule has 0 aliphatic carbocycles. The number of nitro groups is 1. The first-order valence-corrected chi connectivity index (χ1v) is 7.92. The average molecular weight is 440 g/mol. The van der Waals surface area contributed by atoms with Gasteiger partial charge in [-0.05, 0) is 59.3 Å². The largest absolute Gasteiger partial charge is 0.452 e. The van der Waals surface area contributed by atoms with Crippen molar-refractivity contribution in [1.82, 2.24) is 0 Å². The molecule has 0 fully saturated rings. The first-order chi connectivity index (χ1) is 11.4. The molecule has 0 spiro atoms. The number of hydrogen-bond acceptors (Lipinski definition) is 5. The Bertz CT molecular complexity index is 807. The molecule has 0 saturated heterocycles. The molecule has 1 N–H and O–H groups in total. The van der Waals surface area contributed by atoms with Gasteiger partial charge in [0.05, 0.1) is 10.5 Å². The fourth-order valence-electron chi connectivity index (χ4n) is 1.91. The molecule has 0 atom stereocenters. The number of halogens is 1. The Morgan fingerprint density at radius 1 is 1.25 bits per heavy atom. The van der Waals surface area contributed by atoms with Gasteiger partial charge < -0.3 is 10.1 Å². The number of benzene rings is 2. The summed E-state index contributed by atoms with van der Waals surface area (Å²) in [6.45, 7) is 1.18. The van der Waals surface area contributed by atoms with E-state index in [1.807, 2.05) is 6.07 Å². The van der Waals surface area contributed by atoms with Crippen molar-refractivity contribution >= 4 is 45.8 Å². The number of carbonyl (C=O) groups is 2. The van der Waals surface area contributed by atoms with Crippen molar-refractivity contribution in [3.05, 3.63) is 67.3 Å². The lowest BCUT2D eigenvalue weighted by molar-refractivity contribution is -0.384. The smallest absolute Gasteiger partial charge is 0.338 e. The highest BCUT2D eigenvalue weighted by Crippen LogP contribution is 2.25. The van der Waals surface area contributed by atoms with Crippen LogP contribution in [-0.4, -0.2) is 23.4 Å². The van der Waals surface area contributed by atoms with Crippen LogP contribution in [0.1, 0.15) is 15.9 Å². The maximum atomic E-state index is 11.9. The van der Waals surface area contributed by atoms with E-state index in [1.54, 1.807) is 31.2 Å². The van der Waals surface area contributed by atoms with Gasteiger partial charge >= 0.3 is 5.97 Å². The van der Waals surface area contributed by atoms with Crippen molar-refractivity contribution in [2.24, 2.45) is 0 Å². The molecule has 8 heteroatoms. The molecule has 0 aliphatic heterocycles. The molecule has 124 valence electrons. The Morgan fingerprint density at radius 3 is 2.67 bits per heavy atom. The summed E-state index contributed by atoms with van der Waals surface area (Å²) >= 11 is 2.06. The number of nitrogens with zero attached hydrogens (tertiary/aromatic N) is 1. The van der Waals surface area contributed by atoms with Gasteiger partial charge in [0.2, 0.25) is 0 Å². The number of amides is 1. The minimum absolute atomic E-state index is 0.0564. The van der Waals surface area contributed by atoms with E-state index in [0.29, 0.717) is 11.1 Å². The Morgan fingerprint density at radius 2 is 2.00 bits per heavy atom. The standard InChI is InChI=1S/C16H13IN2O5/c1-10-5-6-13(14(7-10)19(22)23)18-15(20)9-24-16(21)11-3-2-4-12(17)8-11/h2-8H,9H2,1H3,(H,18,20). The SMILES string of the molecule is Cc1ccc(NC(=O)COC(=O)c2cccc(I)c2)c([N+](=O)[O-])c1. The van der Waals surface area contributed by atoms with Crippen LogP contribution in [0.4, 0.5) is 11.4 Å². The van der Waals surface area contributed by atoms with Crippen LogP contribution >= 0.6 is 22.6 Å². The Balaban J connectivity index is 1.99. The van der Waals surface area contributed by atoms with Crippen LogP contribution in [0.25, 0.3) is 0 Å². The number of anilines is 1. The van der Waals surface area contributed by atoms with Crippen LogP contribution < -0.4 is 5.32 Å². The molecule has 0 heterocycles. The van der Waals surface area contributed by atoms with Gasteiger partial charge in [0.15, 0.2) is 6.61 Å². The van der Waals surface area contributed by atoms with Crippen LogP contribution in [0.15, 0.2) is 42.5 Å². The fourth-order valence-corrected chi connectivity index (χ4v) is 2.46. The first kappa shape index (κ1) is 17.9. The normalized spacial score (nSPS) is 10.1. The molecule has 2 rings (SSSR count). The van der Waals surface area contributed by atoms with Gasteiger partial charge in [0.1, 0.15) is 5.69 Å². The number of aryl methyl sites for hydroxylation is 1. The highest BCUT2D eigenvalue weighted by atomic mass is 127. The molecule has 1 amide bonds. The van der Waals surface area contributed by atoms with E-state index in [2.05, 4.69) is 27.9 Å². The number of carbonyl (C=O) groups excluding carboxylic acids is 2. The Kier molecular flexibility index (Phi) is 5.85. The van der Waals surface area contributed by atoms with Crippen molar-refractivity contribution in [2.45, 2.75) is 6.92 Å². The Labute approximate surface area is 151 Å². The van der Waals surface area contributed by atoms with Crippen LogP contribution in [0.5, 0.6) is 0 Å². The highest BCUT2D eigenvalue weighted by molar-refractivity contribution is 14.1. The number of ether oxygens (including phenoxy) is 1. The lowest BCUT2D eigenvalue weighted by Crippen LogP contribution is -2.21. The van der Waals surface area contributed by atoms with Gasteiger partial charge in [-0.15, -0.1) is 0 Å². The molecule has 2 aromatic rings. The van der Waals surface area contributed by atoms with E-state index < -0.39 is 23.4 Å². The first-order valence-electron chi connectivity index (χ1n) is 6.84. The van der Waals surface area contributed by atoms with Crippen molar-refractivity contribution in [3.63, 3.8) is 0 Å². The summed E-state index contributed by atoms with van der Waals surface area (Å²) in [5, 5.41) is 13.4. The minimum atomic E-state index is -0.652. The maximum Gasteiger partial charge on any atom is 0.338 e. The van der Waals surface area contributed by atoms with Gasteiger partial charge in [-0.2, -0.15) is 0 Å². The van der Waals surface area contributed by atoms with Gasteiger partial charge in [0, 0.05) is 9.64 Å². The lowest BCUT2D eigenvalue weighted by atomic mass is 10.2. The van der Waals surface area contributed by atoms with E-state index in [9.17, 15) is 19.7 Å². The summed E-state index contributed by atoms with van der Waals surface area (Å²) in [6, 6.07) is 11.2. The number of esters is 1. The number of nitro benzene ring substituents is 1. The van der Waals surface area contributed by atoms with Crippen molar-refractivity contribution in [3.8, 4) is 0 Å². The summed E-state index contributed by atoms with van der Waals surface area (Å²) in [5.74, 6) is -1.29. The zero-order valence-electron chi connectivity index (χ0n) is 12.6. The van der Waals surface area contributed by atoms with E-state index in [0.717, 1.165) is 3.57 Å².